The summed E-state index contributed by atoms with van der Waals surface area (Å²) in [6.07, 6.45) is 10.1. The van der Waals surface area contributed by atoms with Gasteiger partial charge in [0.2, 0.25) is 5.91 Å². The lowest BCUT2D eigenvalue weighted by molar-refractivity contribution is -0.129. The normalized spacial score (nSPS) is 15.6. The predicted molar refractivity (Wildman–Crippen MR) is 162 cm³/mol. The summed E-state index contributed by atoms with van der Waals surface area (Å²) in [5.74, 6) is 0.488. The van der Waals surface area contributed by atoms with Crippen LogP contribution in [0.3, 0.4) is 0 Å². The van der Waals surface area contributed by atoms with Crippen LogP contribution >= 0.6 is 0 Å². The molecule has 43 heavy (non-hydrogen) atoms. The molecule has 2 aromatic heterocycles. The number of nitrogens with zero attached hydrogens (tertiary/aromatic N) is 6. The van der Waals surface area contributed by atoms with E-state index in [0.29, 0.717) is 37.4 Å². The minimum absolute atomic E-state index is 0.0272. The maximum Gasteiger partial charge on any atom is 0.410 e. The van der Waals surface area contributed by atoms with E-state index in [2.05, 4.69) is 15.0 Å². The van der Waals surface area contributed by atoms with Gasteiger partial charge in [0.25, 0.3) is 5.91 Å². The molecule has 10 nitrogen and oxygen atoms in total. The van der Waals surface area contributed by atoms with E-state index in [9.17, 15) is 14.4 Å². The van der Waals surface area contributed by atoms with Crippen molar-refractivity contribution in [3.05, 3.63) is 77.9 Å². The topological polar surface area (TPSA) is 109 Å². The van der Waals surface area contributed by atoms with E-state index in [0.717, 1.165) is 42.4 Å². The summed E-state index contributed by atoms with van der Waals surface area (Å²) in [7, 11) is 1.80. The highest BCUT2D eigenvalue weighted by Crippen LogP contribution is 2.33. The fraction of sp³-hybridized carbons (Fsp3) is 0.455. The number of hydrogen-bond acceptors (Lipinski definition) is 7. The number of amides is 3. The Kier molecular flexibility index (Phi) is 9.03. The molecule has 2 fully saturated rings. The SMILES string of the molecule is CN(Cc1ccncc1)C(=O)Cc1ccc(-c2ncc(C(=O)N(C3CC3)C3CCN(C(=O)OC(C)(C)C)CC3)cn2)cc1. The van der Waals surface area contributed by atoms with Gasteiger partial charge in [-0.15, -0.1) is 0 Å². The van der Waals surface area contributed by atoms with Crippen LogP contribution < -0.4 is 0 Å². The fourth-order valence-corrected chi connectivity index (χ4v) is 5.30. The van der Waals surface area contributed by atoms with Crippen LogP contribution in [0.4, 0.5) is 4.79 Å². The third-order valence-corrected chi connectivity index (χ3v) is 7.75. The second kappa shape index (κ2) is 12.9. The second-order valence-electron chi connectivity index (χ2n) is 12.4. The number of piperidine rings is 1. The van der Waals surface area contributed by atoms with Crippen LogP contribution in [0.2, 0.25) is 0 Å². The molecular weight excluding hydrogens is 544 g/mol. The number of aromatic nitrogens is 3. The minimum atomic E-state index is -0.532. The molecule has 10 heteroatoms. The van der Waals surface area contributed by atoms with Crippen LogP contribution in [0.25, 0.3) is 11.4 Å². The van der Waals surface area contributed by atoms with E-state index in [1.165, 1.54) is 0 Å². The van der Waals surface area contributed by atoms with E-state index >= 15 is 0 Å². The number of carbonyl (C=O) groups excluding carboxylic acids is 3. The Morgan fingerprint density at radius 2 is 1.49 bits per heavy atom. The summed E-state index contributed by atoms with van der Waals surface area (Å²) >= 11 is 0. The zero-order valence-electron chi connectivity index (χ0n) is 25.4. The lowest BCUT2D eigenvalue weighted by Crippen LogP contribution is -2.50. The fourth-order valence-electron chi connectivity index (χ4n) is 5.30. The van der Waals surface area contributed by atoms with Crippen molar-refractivity contribution >= 4 is 17.9 Å². The summed E-state index contributed by atoms with van der Waals surface area (Å²) in [5, 5.41) is 0. The molecule has 0 radical (unpaired) electrons. The lowest BCUT2D eigenvalue weighted by atomic mass is 10.0. The van der Waals surface area contributed by atoms with Crippen molar-refractivity contribution in [1.82, 2.24) is 29.7 Å². The summed E-state index contributed by atoms with van der Waals surface area (Å²) in [5.41, 5.74) is 2.68. The Hall–Kier alpha value is -4.34. The smallest absolute Gasteiger partial charge is 0.410 e. The average Bonchev–Trinajstić information content (AvgIpc) is 3.83. The third kappa shape index (κ3) is 7.94. The molecule has 0 spiro atoms. The van der Waals surface area contributed by atoms with Gasteiger partial charge in [-0.25, -0.2) is 14.8 Å². The first-order valence-corrected chi connectivity index (χ1v) is 14.9. The zero-order valence-corrected chi connectivity index (χ0v) is 25.4. The molecule has 2 aliphatic rings. The van der Waals surface area contributed by atoms with Crippen LogP contribution in [0.1, 0.15) is 67.9 Å². The average molecular weight is 585 g/mol. The highest BCUT2D eigenvalue weighted by Gasteiger charge is 2.40. The molecule has 0 atom stereocenters. The Balaban J connectivity index is 1.17. The molecule has 1 aromatic carbocycles. The van der Waals surface area contributed by atoms with Crippen molar-refractivity contribution in [1.29, 1.82) is 0 Å². The summed E-state index contributed by atoms with van der Waals surface area (Å²) in [6, 6.07) is 11.7. The van der Waals surface area contributed by atoms with Crippen molar-refractivity contribution in [2.45, 2.75) is 77.1 Å². The van der Waals surface area contributed by atoms with Gasteiger partial charge in [0.1, 0.15) is 5.60 Å². The van der Waals surface area contributed by atoms with E-state index in [1.54, 1.807) is 41.6 Å². The number of benzene rings is 1. The van der Waals surface area contributed by atoms with Crippen LogP contribution in [0, 0.1) is 0 Å². The Morgan fingerprint density at radius 3 is 2.07 bits per heavy atom. The minimum Gasteiger partial charge on any atom is -0.444 e. The first-order valence-electron chi connectivity index (χ1n) is 14.9. The summed E-state index contributed by atoms with van der Waals surface area (Å²) in [6.45, 7) is 7.25. The second-order valence-corrected chi connectivity index (χ2v) is 12.4. The molecule has 3 heterocycles. The predicted octanol–water partition coefficient (Wildman–Crippen LogP) is 4.74. The van der Waals surface area contributed by atoms with E-state index in [1.807, 2.05) is 62.1 Å². The van der Waals surface area contributed by atoms with Gasteiger partial charge in [0.05, 0.1) is 12.0 Å². The van der Waals surface area contributed by atoms with E-state index < -0.39 is 5.60 Å². The number of pyridine rings is 1. The number of likely N-dealkylation sites (N-methyl/N-ethyl adjacent to an activating group) is 1. The van der Waals surface area contributed by atoms with Gasteiger partial charge in [-0.3, -0.25) is 14.6 Å². The molecule has 0 unspecified atom stereocenters. The van der Waals surface area contributed by atoms with Crippen LogP contribution in [-0.4, -0.2) is 85.4 Å². The van der Waals surface area contributed by atoms with Gasteiger partial charge in [0, 0.05) is 69.1 Å². The van der Waals surface area contributed by atoms with Crippen molar-refractivity contribution in [3.8, 4) is 11.4 Å². The van der Waals surface area contributed by atoms with Crippen LogP contribution in [-0.2, 0) is 22.5 Å². The first kappa shape index (κ1) is 30.1. The van der Waals surface area contributed by atoms with Crippen molar-refractivity contribution in [2.75, 3.05) is 20.1 Å². The Bertz CT molecular complexity index is 1410. The molecule has 0 N–H and O–H groups in total. The third-order valence-electron chi connectivity index (χ3n) is 7.75. The number of carbonyl (C=O) groups is 3. The molecule has 226 valence electrons. The molecule has 3 aromatic rings. The quantitative estimate of drug-likeness (QED) is 0.376. The van der Waals surface area contributed by atoms with Gasteiger partial charge in [-0.1, -0.05) is 24.3 Å². The molecular formula is C33H40N6O4. The molecule has 1 aliphatic heterocycles. The molecule has 1 saturated carbocycles. The molecule has 3 amide bonds. The van der Waals surface area contributed by atoms with Gasteiger partial charge in [-0.05, 0) is 69.7 Å². The van der Waals surface area contributed by atoms with Crippen LogP contribution in [0.5, 0.6) is 0 Å². The monoisotopic (exact) mass is 584 g/mol. The number of likely N-dealkylation sites (tertiary alicyclic amines) is 1. The van der Waals surface area contributed by atoms with Crippen molar-refractivity contribution < 1.29 is 19.1 Å². The molecule has 1 aliphatic carbocycles. The van der Waals surface area contributed by atoms with Gasteiger partial charge in [0.15, 0.2) is 5.82 Å². The first-order chi connectivity index (χ1) is 20.6. The van der Waals surface area contributed by atoms with E-state index in [-0.39, 0.29) is 30.0 Å². The highest BCUT2D eigenvalue weighted by molar-refractivity contribution is 5.94. The Labute approximate surface area is 253 Å². The number of ether oxygens (including phenoxy) is 1. The number of hydrogen-bond donors (Lipinski definition) is 0. The highest BCUT2D eigenvalue weighted by atomic mass is 16.6. The summed E-state index contributed by atoms with van der Waals surface area (Å²) < 4.78 is 5.52. The molecule has 5 rings (SSSR count). The van der Waals surface area contributed by atoms with E-state index in [4.69, 9.17) is 4.74 Å². The van der Waals surface area contributed by atoms with Crippen molar-refractivity contribution in [2.24, 2.45) is 0 Å². The maximum atomic E-state index is 13.6. The number of rotatable bonds is 8. The maximum absolute atomic E-state index is 13.6. The Morgan fingerprint density at radius 1 is 0.884 bits per heavy atom. The van der Waals surface area contributed by atoms with Crippen molar-refractivity contribution in [3.63, 3.8) is 0 Å². The lowest BCUT2D eigenvalue weighted by Gasteiger charge is -2.39. The van der Waals surface area contributed by atoms with Gasteiger partial charge < -0.3 is 19.4 Å². The summed E-state index contributed by atoms with van der Waals surface area (Å²) in [4.78, 5) is 57.2. The molecule has 0 bridgehead atoms. The largest absolute Gasteiger partial charge is 0.444 e. The van der Waals surface area contributed by atoms with Gasteiger partial charge >= 0.3 is 6.09 Å². The zero-order chi connectivity index (χ0) is 30.6. The molecule has 1 saturated heterocycles. The van der Waals surface area contributed by atoms with Gasteiger partial charge in [-0.2, -0.15) is 0 Å². The van der Waals surface area contributed by atoms with Crippen LogP contribution in [0.15, 0.2) is 61.2 Å². The standard InChI is InChI=1S/C33H40N6O4/c1-33(2,3)43-32(42)38-17-13-28(14-18-38)39(27-9-10-27)31(41)26-20-35-30(36-21-26)25-7-5-23(6-8-25)19-29(40)37(4)22-24-11-15-34-16-12-24/h5-8,11-12,15-16,20-21,27-28H,9-10,13-14,17-19,22H2,1-4H3.